The van der Waals surface area contributed by atoms with Gasteiger partial charge in [-0.1, -0.05) is 22.7 Å². The minimum absolute atomic E-state index is 0.325. The molecular weight excluding hydrogens is 248 g/mol. The highest BCUT2D eigenvalue weighted by molar-refractivity contribution is 8.13. The van der Waals surface area contributed by atoms with E-state index in [2.05, 4.69) is 4.86 Å². The first-order chi connectivity index (χ1) is 7.80. The van der Waals surface area contributed by atoms with Crippen molar-refractivity contribution in [2.24, 2.45) is 0 Å². The van der Waals surface area contributed by atoms with Gasteiger partial charge >= 0.3 is 7.32 Å². The van der Waals surface area contributed by atoms with E-state index in [-0.39, 0.29) is 0 Å². The lowest BCUT2D eigenvalue weighted by Gasteiger charge is -2.49. The zero-order valence-corrected chi connectivity index (χ0v) is 10.7. The van der Waals surface area contributed by atoms with Crippen molar-refractivity contribution in [1.82, 2.24) is 4.31 Å². The monoisotopic (exact) mass is 263 g/mol. The molecule has 1 N–H and O–H groups in total. The Morgan fingerprint density at radius 3 is 2.29 bits per heavy atom. The summed E-state index contributed by atoms with van der Waals surface area (Å²) in [7, 11) is -3.22. The normalized spacial score (nSPS) is 14.4. The quantitative estimate of drug-likeness (QED) is 0.797. The van der Waals surface area contributed by atoms with Crippen molar-refractivity contribution in [2.75, 3.05) is 20.4 Å². The molecule has 1 aromatic carbocycles. The molecule has 0 fully saturated rings. The molecule has 0 aromatic heterocycles. The molecule has 0 aliphatic rings. The number of rotatable bonds is 5. The molecule has 0 bridgehead atoms. The lowest BCUT2D eigenvalue weighted by Crippen LogP contribution is -2.51. The van der Waals surface area contributed by atoms with Crippen LogP contribution in [0.15, 0.2) is 35.2 Å². The molecule has 0 amide bonds. The predicted octanol–water partition coefficient (Wildman–Crippen LogP) is 0.782. The molecule has 0 radical (unpaired) electrons. The molecule has 0 unspecified atom stereocenters. The summed E-state index contributed by atoms with van der Waals surface area (Å²) < 4.78 is 31.0. The number of hydrogen-bond acceptors (Lipinski definition) is 4. The number of nitrogens with zero attached hydrogens (tertiary/aromatic N) is 1. The van der Waals surface area contributed by atoms with Gasteiger partial charge in [-0.15, -0.1) is 9.53 Å². The number of benzene rings is 1. The molecule has 0 heterocycles. The molecule has 5 nitrogen and oxygen atoms in total. The Balaban J connectivity index is 3.27. The second kappa shape index (κ2) is 4.83. The second-order valence-corrected chi connectivity index (χ2v) is 7.60. The largest absolute Gasteiger partial charge is 0.690 e. The summed E-state index contributed by atoms with van der Waals surface area (Å²) >= 11 is 0. The van der Waals surface area contributed by atoms with Crippen molar-refractivity contribution < 1.29 is 22.7 Å². The van der Waals surface area contributed by atoms with Crippen molar-refractivity contribution >= 4 is 16.9 Å². The van der Waals surface area contributed by atoms with Crippen LogP contribution in [0.3, 0.4) is 0 Å². The van der Waals surface area contributed by atoms with Gasteiger partial charge in [0.05, 0.1) is 4.90 Å². The lowest BCUT2D eigenvalue weighted by molar-refractivity contribution is -0.0528. The summed E-state index contributed by atoms with van der Waals surface area (Å²) in [4.78, 5) is 3.44. The molecule has 0 saturated heterocycles. The predicted molar refractivity (Wildman–Crippen MR) is 63.7 cm³/mol. The van der Waals surface area contributed by atoms with E-state index >= 15 is 0 Å². The van der Waals surface area contributed by atoms with Crippen LogP contribution in [0.2, 0.25) is 0 Å². The summed E-state index contributed by atoms with van der Waals surface area (Å²) in [6.07, 6.45) is 1.29. The fourth-order valence-electron chi connectivity index (χ4n) is 1.29. The summed E-state index contributed by atoms with van der Waals surface area (Å²) in [5, 5.41) is 9.05. The van der Waals surface area contributed by atoms with Gasteiger partial charge in [-0.25, -0.2) is 4.31 Å². The van der Waals surface area contributed by atoms with Gasteiger partial charge in [-0.2, -0.15) is 9.07 Å². The van der Waals surface area contributed by atoms with Crippen molar-refractivity contribution in [3.8, 4) is 0 Å². The maximum atomic E-state index is 13.0. The minimum Gasteiger partial charge on any atom is -0.399 e. The Bertz CT molecular complexity index is 444. The van der Waals surface area contributed by atoms with Gasteiger partial charge in [0, 0.05) is 20.4 Å². The van der Waals surface area contributed by atoms with E-state index < -0.39 is 16.9 Å². The summed E-state index contributed by atoms with van der Waals surface area (Å²) in [5.41, 5.74) is 0. The van der Waals surface area contributed by atoms with Gasteiger partial charge in [0.25, 0.3) is 0 Å². The molecule has 1 rings (SSSR count). The Kier molecular flexibility index (Phi) is 4.05. The van der Waals surface area contributed by atoms with Crippen LogP contribution in [0.1, 0.15) is 0 Å². The standard InChI is InChI=1S/C9H15BFNO4S/c1-12(2)17(3,14,16-10(13)15-11)9-7-5-4-6-8-9/h4-8,13H,1-3H3. The smallest absolute Gasteiger partial charge is 0.399 e. The Morgan fingerprint density at radius 1 is 1.35 bits per heavy atom. The highest BCUT2D eigenvalue weighted by Crippen LogP contribution is 2.36. The van der Waals surface area contributed by atoms with Gasteiger partial charge in [0.15, 0.2) is 0 Å². The van der Waals surface area contributed by atoms with Crippen molar-refractivity contribution in [3.05, 3.63) is 30.3 Å². The van der Waals surface area contributed by atoms with E-state index in [0.29, 0.717) is 4.90 Å². The maximum Gasteiger partial charge on any atom is 0.690 e. The van der Waals surface area contributed by atoms with Crippen LogP contribution in [0.5, 0.6) is 0 Å². The average Bonchev–Trinajstić information content (AvgIpc) is 2.30. The van der Waals surface area contributed by atoms with Crippen LogP contribution in [0.25, 0.3) is 0 Å². The third kappa shape index (κ3) is 2.72. The van der Waals surface area contributed by atoms with Crippen LogP contribution < -0.4 is 0 Å². The van der Waals surface area contributed by atoms with Crippen LogP contribution in [-0.4, -0.2) is 41.2 Å². The number of hydrogen-bond donors (Lipinski definition) is 1. The van der Waals surface area contributed by atoms with Gasteiger partial charge < -0.3 is 5.02 Å². The van der Waals surface area contributed by atoms with E-state index in [1.54, 1.807) is 30.3 Å². The zero-order chi connectivity index (χ0) is 13.1. The van der Waals surface area contributed by atoms with Crippen LogP contribution in [0, 0.1) is 0 Å². The fourth-order valence-corrected chi connectivity index (χ4v) is 3.19. The van der Waals surface area contributed by atoms with Gasteiger partial charge in [0.1, 0.15) is 0 Å². The first-order valence-electron chi connectivity index (χ1n) is 4.82. The maximum absolute atomic E-state index is 13.0. The summed E-state index contributed by atoms with van der Waals surface area (Å²) in [6.45, 7) is 0. The lowest BCUT2D eigenvalue weighted by atomic mass is 10.3. The Hall–Kier alpha value is -0.795. The molecule has 8 heteroatoms. The fraction of sp³-hybridized carbons (Fsp3) is 0.333. The molecule has 96 valence electrons. The van der Waals surface area contributed by atoms with Crippen molar-refractivity contribution in [1.29, 1.82) is 0 Å². The third-order valence-electron chi connectivity index (χ3n) is 2.51. The van der Waals surface area contributed by atoms with Crippen molar-refractivity contribution in [2.45, 2.75) is 4.90 Å². The van der Waals surface area contributed by atoms with E-state index in [0.717, 1.165) is 0 Å². The minimum atomic E-state index is -4.02. The van der Waals surface area contributed by atoms with Gasteiger partial charge in [-0.3, -0.25) is 4.10 Å². The Labute approximate surface area is 100.0 Å². The second-order valence-electron chi connectivity index (χ2n) is 3.81. The number of halogens is 1. The highest BCUT2D eigenvalue weighted by atomic mass is 32.3. The van der Waals surface area contributed by atoms with Crippen LogP contribution in [-0.2, 0) is 18.5 Å². The van der Waals surface area contributed by atoms with Gasteiger partial charge in [0.2, 0.25) is 0 Å². The van der Waals surface area contributed by atoms with E-state index in [1.807, 2.05) is 0 Å². The molecule has 1 aromatic rings. The van der Waals surface area contributed by atoms with Crippen molar-refractivity contribution in [3.63, 3.8) is 0 Å². The molecule has 0 atom stereocenters. The molecule has 0 aliphatic carbocycles. The first kappa shape index (κ1) is 14.3. The highest BCUT2D eigenvalue weighted by Gasteiger charge is 2.38. The first-order valence-corrected chi connectivity index (χ1v) is 7.07. The molecule has 17 heavy (non-hydrogen) atoms. The Morgan fingerprint density at radius 2 is 1.88 bits per heavy atom. The van der Waals surface area contributed by atoms with Crippen LogP contribution in [0.4, 0.5) is 4.53 Å². The topological polar surface area (TPSA) is 59.0 Å². The van der Waals surface area contributed by atoms with Crippen LogP contribution >= 0.6 is 0 Å². The molecule has 0 aliphatic heterocycles. The SMILES string of the molecule is CN(C)S(C)(=O)(OB(O)OF)c1ccccc1. The third-order valence-corrected chi connectivity index (χ3v) is 6.16. The molecule has 0 saturated carbocycles. The van der Waals surface area contributed by atoms with E-state index in [1.165, 1.54) is 24.7 Å². The van der Waals surface area contributed by atoms with E-state index in [9.17, 15) is 8.74 Å². The summed E-state index contributed by atoms with van der Waals surface area (Å²) in [6, 6.07) is 8.22. The zero-order valence-electron chi connectivity index (χ0n) is 9.87. The average molecular weight is 263 g/mol. The molecule has 0 spiro atoms. The summed E-state index contributed by atoms with van der Waals surface area (Å²) in [5.74, 6) is 0. The molecular formula is C9H15BFNO4S. The van der Waals surface area contributed by atoms with Gasteiger partial charge in [-0.05, 0) is 12.1 Å². The van der Waals surface area contributed by atoms with E-state index in [4.69, 9.17) is 9.12 Å².